The van der Waals surface area contributed by atoms with Crippen molar-refractivity contribution < 1.29 is 5.11 Å². The van der Waals surface area contributed by atoms with Crippen molar-refractivity contribution in [1.82, 2.24) is 4.98 Å². The Morgan fingerprint density at radius 2 is 1.94 bits per heavy atom. The normalized spacial score (nSPS) is 12.4. The zero-order chi connectivity index (χ0) is 13.1. The highest BCUT2D eigenvalue weighted by atomic mass is 32.2. The molecule has 1 N–H and O–H groups in total. The van der Waals surface area contributed by atoms with Crippen LogP contribution < -0.4 is 0 Å². The van der Waals surface area contributed by atoms with Crippen LogP contribution in [0.3, 0.4) is 0 Å². The monoisotopic (exact) mass is 259 g/mol. The van der Waals surface area contributed by atoms with E-state index < -0.39 is 6.10 Å². The predicted octanol–water partition coefficient (Wildman–Crippen LogP) is 3.90. The van der Waals surface area contributed by atoms with Gasteiger partial charge in [-0.05, 0) is 44.5 Å². The summed E-state index contributed by atoms with van der Waals surface area (Å²) in [6.07, 6.45) is 1.30. The SMILES string of the molecule is Cc1ccc(Sc2ccc([C@@H](C)O)nc2)c(C)c1. The van der Waals surface area contributed by atoms with Gasteiger partial charge in [-0.15, -0.1) is 0 Å². The molecule has 2 aromatic rings. The molecule has 1 heterocycles. The molecule has 2 rings (SSSR count). The first-order chi connectivity index (χ1) is 8.56. The standard InChI is InChI=1S/C15H17NOS/c1-10-4-7-15(11(2)8-10)18-13-5-6-14(12(3)17)16-9-13/h4-9,12,17H,1-3H3/t12-/m1/s1. The van der Waals surface area contributed by atoms with E-state index in [1.54, 1.807) is 18.7 Å². The average molecular weight is 259 g/mol. The second kappa shape index (κ2) is 5.55. The Morgan fingerprint density at radius 3 is 2.50 bits per heavy atom. The van der Waals surface area contributed by atoms with Gasteiger partial charge in [-0.2, -0.15) is 0 Å². The van der Waals surface area contributed by atoms with Crippen molar-refractivity contribution in [3.05, 3.63) is 53.3 Å². The van der Waals surface area contributed by atoms with Crippen molar-refractivity contribution in [2.75, 3.05) is 0 Å². The van der Waals surface area contributed by atoms with Crippen LogP contribution in [0.2, 0.25) is 0 Å². The van der Waals surface area contributed by atoms with Gasteiger partial charge in [0.25, 0.3) is 0 Å². The molecular formula is C15H17NOS. The molecule has 0 aliphatic rings. The number of aliphatic hydroxyl groups is 1. The van der Waals surface area contributed by atoms with Gasteiger partial charge >= 0.3 is 0 Å². The van der Waals surface area contributed by atoms with Crippen LogP contribution in [-0.4, -0.2) is 10.1 Å². The lowest BCUT2D eigenvalue weighted by Crippen LogP contribution is -1.94. The quantitative estimate of drug-likeness (QED) is 0.907. The highest BCUT2D eigenvalue weighted by molar-refractivity contribution is 7.99. The first-order valence-corrected chi connectivity index (χ1v) is 6.77. The Morgan fingerprint density at radius 1 is 1.17 bits per heavy atom. The zero-order valence-corrected chi connectivity index (χ0v) is 11.7. The molecule has 0 saturated heterocycles. The number of nitrogens with zero attached hydrogens (tertiary/aromatic N) is 1. The Hall–Kier alpha value is -1.32. The number of benzene rings is 1. The van der Waals surface area contributed by atoms with Gasteiger partial charge in [0.2, 0.25) is 0 Å². The van der Waals surface area contributed by atoms with E-state index >= 15 is 0 Å². The molecule has 1 atom stereocenters. The lowest BCUT2D eigenvalue weighted by Gasteiger charge is -2.08. The van der Waals surface area contributed by atoms with E-state index in [2.05, 4.69) is 37.0 Å². The molecule has 3 heteroatoms. The molecule has 0 fully saturated rings. The van der Waals surface area contributed by atoms with Gasteiger partial charge in [0.1, 0.15) is 0 Å². The topological polar surface area (TPSA) is 33.1 Å². The van der Waals surface area contributed by atoms with Crippen molar-refractivity contribution in [2.45, 2.75) is 36.7 Å². The average Bonchev–Trinajstić information content (AvgIpc) is 2.33. The molecule has 0 amide bonds. The van der Waals surface area contributed by atoms with Gasteiger partial charge in [-0.1, -0.05) is 29.5 Å². The minimum absolute atomic E-state index is 0.509. The summed E-state index contributed by atoms with van der Waals surface area (Å²) < 4.78 is 0. The smallest absolute Gasteiger partial charge is 0.0931 e. The molecule has 2 nitrogen and oxygen atoms in total. The molecule has 0 saturated carbocycles. The summed E-state index contributed by atoms with van der Waals surface area (Å²) in [5.41, 5.74) is 3.26. The Balaban J connectivity index is 2.18. The second-order valence-corrected chi connectivity index (χ2v) is 5.58. The van der Waals surface area contributed by atoms with Crippen LogP contribution in [0.15, 0.2) is 46.3 Å². The van der Waals surface area contributed by atoms with E-state index in [-0.39, 0.29) is 0 Å². The Kier molecular flexibility index (Phi) is 4.04. The van der Waals surface area contributed by atoms with Crippen LogP contribution in [-0.2, 0) is 0 Å². The number of pyridine rings is 1. The predicted molar refractivity (Wildman–Crippen MR) is 74.9 cm³/mol. The highest BCUT2D eigenvalue weighted by Crippen LogP contribution is 2.30. The van der Waals surface area contributed by atoms with Crippen LogP contribution in [0.5, 0.6) is 0 Å². The van der Waals surface area contributed by atoms with Crippen molar-refractivity contribution in [3.8, 4) is 0 Å². The summed E-state index contributed by atoms with van der Waals surface area (Å²) in [6, 6.07) is 10.3. The minimum Gasteiger partial charge on any atom is -0.387 e. The number of aliphatic hydroxyl groups excluding tert-OH is 1. The maximum Gasteiger partial charge on any atom is 0.0931 e. The molecule has 18 heavy (non-hydrogen) atoms. The third kappa shape index (κ3) is 3.12. The molecule has 0 radical (unpaired) electrons. The molecule has 1 aromatic heterocycles. The van der Waals surface area contributed by atoms with Gasteiger partial charge in [0, 0.05) is 16.0 Å². The molecule has 0 bridgehead atoms. The van der Waals surface area contributed by atoms with E-state index in [4.69, 9.17) is 0 Å². The van der Waals surface area contributed by atoms with Gasteiger partial charge in [-0.25, -0.2) is 0 Å². The maximum atomic E-state index is 9.41. The lowest BCUT2D eigenvalue weighted by atomic mass is 10.2. The number of aromatic nitrogens is 1. The van der Waals surface area contributed by atoms with Crippen LogP contribution in [0.4, 0.5) is 0 Å². The van der Waals surface area contributed by atoms with Crippen LogP contribution in [0, 0.1) is 13.8 Å². The van der Waals surface area contributed by atoms with Gasteiger partial charge in [0.15, 0.2) is 0 Å². The van der Waals surface area contributed by atoms with E-state index in [0.29, 0.717) is 5.69 Å². The zero-order valence-electron chi connectivity index (χ0n) is 10.8. The Labute approximate surface area is 112 Å². The maximum absolute atomic E-state index is 9.41. The van der Waals surface area contributed by atoms with Crippen molar-refractivity contribution in [1.29, 1.82) is 0 Å². The summed E-state index contributed by atoms with van der Waals surface area (Å²) in [5, 5.41) is 9.41. The van der Waals surface area contributed by atoms with E-state index in [1.165, 1.54) is 16.0 Å². The lowest BCUT2D eigenvalue weighted by molar-refractivity contribution is 0.194. The third-order valence-electron chi connectivity index (χ3n) is 2.75. The Bertz CT molecular complexity index is 535. The largest absolute Gasteiger partial charge is 0.387 e. The van der Waals surface area contributed by atoms with Crippen molar-refractivity contribution in [2.24, 2.45) is 0 Å². The molecule has 0 unspecified atom stereocenters. The summed E-state index contributed by atoms with van der Waals surface area (Å²) in [5.74, 6) is 0. The highest BCUT2D eigenvalue weighted by Gasteiger charge is 2.04. The molecule has 0 spiro atoms. The fourth-order valence-electron chi connectivity index (χ4n) is 1.74. The first-order valence-electron chi connectivity index (χ1n) is 5.95. The summed E-state index contributed by atoms with van der Waals surface area (Å²) in [7, 11) is 0. The summed E-state index contributed by atoms with van der Waals surface area (Å²) in [6.45, 7) is 5.94. The molecule has 1 aromatic carbocycles. The third-order valence-corrected chi connectivity index (χ3v) is 3.90. The van der Waals surface area contributed by atoms with Crippen LogP contribution >= 0.6 is 11.8 Å². The van der Waals surface area contributed by atoms with E-state index in [1.807, 2.05) is 18.3 Å². The van der Waals surface area contributed by atoms with E-state index in [9.17, 15) is 5.11 Å². The van der Waals surface area contributed by atoms with Gasteiger partial charge in [0.05, 0.1) is 11.8 Å². The number of hydrogen-bond donors (Lipinski definition) is 1. The van der Waals surface area contributed by atoms with E-state index in [0.717, 1.165) is 4.90 Å². The van der Waals surface area contributed by atoms with Crippen LogP contribution in [0.25, 0.3) is 0 Å². The molecule has 94 valence electrons. The minimum atomic E-state index is -0.509. The molecule has 0 aliphatic carbocycles. The van der Waals surface area contributed by atoms with Gasteiger partial charge in [-0.3, -0.25) is 4.98 Å². The number of aryl methyl sites for hydroxylation is 2. The van der Waals surface area contributed by atoms with Gasteiger partial charge < -0.3 is 5.11 Å². The van der Waals surface area contributed by atoms with Crippen molar-refractivity contribution in [3.63, 3.8) is 0 Å². The fourth-order valence-corrected chi connectivity index (χ4v) is 2.59. The summed E-state index contributed by atoms with van der Waals surface area (Å²) >= 11 is 1.70. The number of hydrogen-bond acceptors (Lipinski definition) is 3. The molecule has 0 aliphatic heterocycles. The second-order valence-electron chi connectivity index (χ2n) is 4.47. The van der Waals surface area contributed by atoms with Crippen LogP contribution in [0.1, 0.15) is 29.8 Å². The first kappa shape index (κ1) is 13.1. The van der Waals surface area contributed by atoms with Crippen molar-refractivity contribution >= 4 is 11.8 Å². The summed E-state index contributed by atoms with van der Waals surface area (Å²) in [4.78, 5) is 6.58. The number of rotatable bonds is 3. The fraction of sp³-hybridized carbons (Fsp3) is 0.267. The molecular weight excluding hydrogens is 242 g/mol.